The standard InChI is InChI=1S/C20H24N4O5/c21-19(22)23-10-11-28-16-8-6-14(7-9-16)12-17(18(25)26)24-20(27)29-13-15-4-2-1-3-5-15/h1-9,17H,10-13H2,(H,24,27)(H,25,26)(H4,21,22,23)/t17-/m0/s1. The molecule has 154 valence electrons. The van der Waals surface area contributed by atoms with Gasteiger partial charge in [-0.2, -0.15) is 0 Å². The first-order valence-corrected chi connectivity index (χ1v) is 8.91. The smallest absolute Gasteiger partial charge is 0.408 e. The van der Waals surface area contributed by atoms with E-state index in [1.165, 1.54) is 0 Å². The van der Waals surface area contributed by atoms with E-state index in [2.05, 4.69) is 10.3 Å². The molecular formula is C20H24N4O5. The zero-order valence-electron chi connectivity index (χ0n) is 15.8. The first-order valence-electron chi connectivity index (χ1n) is 8.91. The van der Waals surface area contributed by atoms with Crippen LogP contribution in [0.3, 0.4) is 0 Å². The van der Waals surface area contributed by atoms with Crippen LogP contribution in [-0.2, 0) is 22.6 Å². The third kappa shape index (κ3) is 8.21. The Morgan fingerprint density at radius 1 is 1.03 bits per heavy atom. The number of hydrogen-bond donors (Lipinski definition) is 4. The lowest BCUT2D eigenvalue weighted by molar-refractivity contribution is -0.139. The number of hydrogen-bond acceptors (Lipinski definition) is 5. The van der Waals surface area contributed by atoms with E-state index in [0.29, 0.717) is 18.9 Å². The molecule has 0 bridgehead atoms. The summed E-state index contributed by atoms with van der Waals surface area (Å²) in [7, 11) is 0. The highest BCUT2D eigenvalue weighted by molar-refractivity contribution is 5.80. The van der Waals surface area contributed by atoms with Crippen molar-refractivity contribution in [3.8, 4) is 5.75 Å². The molecule has 0 saturated heterocycles. The highest BCUT2D eigenvalue weighted by Gasteiger charge is 2.21. The molecule has 0 radical (unpaired) electrons. The highest BCUT2D eigenvalue weighted by atomic mass is 16.5. The Bertz CT molecular complexity index is 821. The third-order valence-electron chi connectivity index (χ3n) is 3.82. The molecule has 6 N–H and O–H groups in total. The van der Waals surface area contributed by atoms with Crippen molar-refractivity contribution in [3.63, 3.8) is 0 Å². The van der Waals surface area contributed by atoms with Crippen LogP contribution in [0, 0.1) is 0 Å². The maximum atomic E-state index is 11.9. The fourth-order valence-corrected chi connectivity index (χ4v) is 2.40. The van der Waals surface area contributed by atoms with E-state index in [9.17, 15) is 14.7 Å². The number of carboxylic acids is 1. The van der Waals surface area contributed by atoms with Crippen LogP contribution in [0.4, 0.5) is 4.79 Å². The lowest BCUT2D eigenvalue weighted by Crippen LogP contribution is -2.42. The van der Waals surface area contributed by atoms with Gasteiger partial charge in [0.05, 0.1) is 6.54 Å². The average molecular weight is 400 g/mol. The molecule has 2 aromatic carbocycles. The van der Waals surface area contributed by atoms with Gasteiger partial charge in [-0.3, -0.25) is 4.99 Å². The number of aliphatic carboxylic acids is 1. The van der Waals surface area contributed by atoms with Crippen molar-refractivity contribution < 1.29 is 24.2 Å². The van der Waals surface area contributed by atoms with Crippen molar-refractivity contribution in [1.29, 1.82) is 0 Å². The van der Waals surface area contributed by atoms with E-state index < -0.39 is 18.1 Å². The number of carboxylic acid groups (broad SMARTS) is 1. The number of ether oxygens (including phenoxy) is 2. The van der Waals surface area contributed by atoms with Crippen molar-refractivity contribution in [2.75, 3.05) is 13.2 Å². The molecule has 9 nitrogen and oxygen atoms in total. The molecule has 0 aliphatic rings. The number of nitrogens with one attached hydrogen (secondary N) is 1. The predicted octanol–water partition coefficient (Wildman–Crippen LogP) is 1.26. The maximum absolute atomic E-state index is 11.9. The number of aliphatic imine (C=N–C) groups is 1. The fourth-order valence-electron chi connectivity index (χ4n) is 2.40. The maximum Gasteiger partial charge on any atom is 0.408 e. The molecule has 0 spiro atoms. The molecule has 0 aromatic heterocycles. The van der Waals surface area contributed by atoms with E-state index >= 15 is 0 Å². The lowest BCUT2D eigenvalue weighted by Gasteiger charge is -2.15. The SMILES string of the molecule is NC(N)=NCCOc1ccc(C[C@H](NC(=O)OCc2ccccc2)C(=O)O)cc1. The number of guanidine groups is 1. The van der Waals surface area contributed by atoms with Crippen LogP contribution in [0.2, 0.25) is 0 Å². The summed E-state index contributed by atoms with van der Waals surface area (Å²) >= 11 is 0. The molecular weight excluding hydrogens is 376 g/mol. The van der Waals surface area contributed by atoms with Crippen LogP contribution in [0.25, 0.3) is 0 Å². The van der Waals surface area contributed by atoms with Gasteiger partial charge in [0.2, 0.25) is 0 Å². The summed E-state index contributed by atoms with van der Waals surface area (Å²) < 4.78 is 10.6. The summed E-state index contributed by atoms with van der Waals surface area (Å²) in [5, 5.41) is 11.8. The van der Waals surface area contributed by atoms with Gasteiger partial charge in [0.1, 0.15) is 25.0 Å². The number of carbonyl (C=O) groups excluding carboxylic acids is 1. The largest absolute Gasteiger partial charge is 0.492 e. The zero-order chi connectivity index (χ0) is 21.1. The molecule has 1 atom stereocenters. The van der Waals surface area contributed by atoms with Crippen LogP contribution in [0.5, 0.6) is 5.75 Å². The summed E-state index contributed by atoms with van der Waals surface area (Å²) in [5.41, 5.74) is 12.0. The van der Waals surface area contributed by atoms with E-state index in [1.54, 1.807) is 24.3 Å². The van der Waals surface area contributed by atoms with Crippen molar-refractivity contribution in [3.05, 3.63) is 65.7 Å². The van der Waals surface area contributed by atoms with Crippen LogP contribution in [0.1, 0.15) is 11.1 Å². The number of rotatable bonds is 10. The van der Waals surface area contributed by atoms with E-state index in [1.807, 2.05) is 30.3 Å². The lowest BCUT2D eigenvalue weighted by atomic mass is 10.1. The van der Waals surface area contributed by atoms with Gasteiger partial charge in [0, 0.05) is 6.42 Å². The molecule has 0 fully saturated rings. The predicted molar refractivity (Wildman–Crippen MR) is 108 cm³/mol. The first-order chi connectivity index (χ1) is 13.9. The van der Waals surface area contributed by atoms with Gasteiger partial charge >= 0.3 is 12.1 Å². The molecule has 0 unspecified atom stereocenters. The minimum atomic E-state index is -1.15. The van der Waals surface area contributed by atoms with Crippen molar-refractivity contribution in [1.82, 2.24) is 5.32 Å². The van der Waals surface area contributed by atoms with Crippen LogP contribution in [0.15, 0.2) is 59.6 Å². The Morgan fingerprint density at radius 3 is 2.34 bits per heavy atom. The van der Waals surface area contributed by atoms with Gasteiger partial charge in [0.25, 0.3) is 0 Å². The minimum Gasteiger partial charge on any atom is -0.492 e. The minimum absolute atomic E-state index is 0.00143. The third-order valence-corrected chi connectivity index (χ3v) is 3.82. The first kappa shape index (κ1) is 21.5. The molecule has 2 rings (SSSR count). The number of nitrogens with zero attached hydrogens (tertiary/aromatic N) is 1. The highest BCUT2D eigenvalue weighted by Crippen LogP contribution is 2.14. The van der Waals surface area contributed by atoms with Crippen molar-refractivity contribution in [2.45, 2.75) is 19.1 Å². The van der Waals surface area contributed by atoms with Gasteiger partial charge in [-0.1, -0.05) is 42.5 Å². The molecule has 0 aliphatic carbocycles. The molecule has 1 amide bonds. The number of nitrogens with two attached hydrogens (primary N) is 2. The van der Waals surface area contributed by atoms with E-state index in [0.717, 1.165) is 11.1 Å². The van der Waals surface area contributed by atoms with Crippen molar-refractivity contribution in [2.24, 2.45) is 16.5 Å². The Morgan fingerprint density at radius 2 is 1.72 bits per heavy atom. The Labute approximate surface area is 168 Å². The van der Waals surface area contributed by atoms with Gasteiger partial charge in [0.15, 0.2) is 5.96 Å². The van der Waals surface area contributed by atoms with Gasteiger partial charge in [-0.15, -0.1) is 0 Å². The second kappa shape index (κ2) is 11.2. The van der Waals surface area contributed by atoms with Gasteiger partial charge in [-0.05, 0) is 23.3 Å². The molecule has 0 saturated carbocycles. The average Bonchev–Trinajstić information content (AvgIpc) is 2.71. The monoisotopic (exact) mass is 400 g/mol. The molecule has 0 heterocycles. The zero-order valence-corrected chi connectivity index (χ0v) is 15.8. The number of carbonyl (C=O) groups is 2. The summed E-state index contributed by atoms with van der Waals surface area (Å²) in [6.07, 6.45) is -0.690. The van der Waals surface area contributed by atoms with Crippen LogP contribution < -0.4 is 21.5 Å². The second-order valence-electron chi connectivity index (χ2n) is 6.10. The molecule has 0 aliphatic heterocycles. The van der Waals surface area contributed by atoms with Crippen molar-refractivity contribution >= 4 is 18.0 Å². The molecule has 2 aromatic rings. The number of amides is 1. The normalized spacial score (nSPS) is 11.2. The Kier molecular flexibility index (Phi) is 8.30. The van der Waals surface area contributed by atoms with Gasteiger partial charge < -0.3 is 31.4 Å². The van der Waals surface area contributed by atoms with Gasteiger partial charge in [-0.25, -0.2) is 9.59 Å². The number of benzene rings is 2. The summed E-state index contributed by atoms with van der Waals surface area (Å²) in [5.74, 6) is -0.556. The molecule has 29 heavy (non-hydrogen) atoms. The topological polar surface area (TPSA) is 149 Å². The summed E-state index contributed by atoms with van der Waals surface area (Å²) in [6.45, 7) is 0.703. The quantitative estimate of drug-likeness (QED) is 0.266. The van der Waals surface area contributed by atoms with Crippen LogP contribution in [-0.4, -0.2) is 42.3 Å². The molecule has 9 heteroatoms. The van der Waals surface area contributed by atoms with E-state index in [4.69, 9.17) is 20.9 Å². The Hall–Kier alpha value is -3.75. The second-order valence-corrected chi connectivity index (χ2v) is 6.10. The Balaban J connectivity index is 1.83. The summed E-state index contributed by atoms with van der Waals surface area (Å²) in [6, 6.07) is 14.9. The summed E-state index contributed by atoms with van der Waals surface area (Å²) in [4.78, 5) is 27.2. The number of alkyl carbamates (subject to hydrolysis) is 1. The fraction of sp³-hybridized carbons (Fsp3) is 0.250. The van der Waals surface area contributed by atoms with E-state index in [-0.39, 0.29) is 19.0 Å². The van der Waals surface area contributed by atoms with Crippen LogP contribution >= 0.6 is 0 Å².